The maximum Gasteiger partial charge on any atom is 0.270 e. The van der Waals surface area contributed by atoms with E-state index < -0.39 is 5.91 Å². The van der Waals surface area contributed by atoms with Crippen LogP contribution >= 0.6 is 0 Å². The van der Waals surface area contributed by atoms with Gasteiger partial charge in [0.05, 0.1) is 5.69 Å². The van der Waals surface area contributed by atoms with E-state index in [4.69, 9.17) is 5.84 Å². The van der Waals surface area contributed by atoms with Crippen molar-refractivity contribution in [2.75, 3.05) is 0 Å². The van der Waals surface area contributed by atoms with E-state index in [0.717, 1.165) is 30.5 Å². The van der Waals surface area contributed by atoms with Gasteiger partial charge in [0.2, 0.25) is 0 Å². The van der Waals surface area contributed by atoms with Crippen LogP contribution in [0.2, 0.25) is 0 Å². The number of hydrogen-bond acceptors (Lipinski definition) is 3. The van der Waals surface area contributed by atoms with Gasteiger partial charge in [-0.05, 0) is 24.1 Å². The number of hydrazine groups is 1. The Morgan fingerprint density at radius 2 is 1.86 bits per heavy atom. The maximum atomic E-state index is 12.6. The Hall–Kier alpha value is -2.40. The van der Waals surface area contributed by atoms with Crippen LogP contribution in [0.5, 0.6) is 0 Å². The van der Waals surface area contributed by atoms with Crippen LogP contribution in [0.15, 0.2) is 47.3 Å². The summed E-state index contributed by atoms with van der Waals surface area (Å²) in [4.78, 5) is 24.3. The highest BCUT2D eigenvalue weighted by molar-refractivity contribution is 5.93. The smallest absolute Gasteiger partial charge is 0.270 e. The standard InChI is InChI=1S/C17H21N3O2/c1-2-3-7-12-20-15(13-8-5-4-6-9-13)11-10-14(17(20)22)16(21)19-18/h4-6,8-11H,2-3,7,12,18H2,1H3,(H,19,21). The van der Waals surface area contributed by atoms with Gasteiger partial charge in [-0.3, -0.25) is 15.0 Å². The fourth-order valence-electron chi connectivity index (χ4n) is 2.43. The number of rotatable bonds is 6. The van der Waals surface area contributed by atoms with E-state index in [-0.39, 0.29) is 11.1 Å². The van der Waals surface area contributed by atoms with Crippen LogP contribution in [0.3, 0.4) is 0 Å². The number of nitrogens with one attached hydrogen (secondary N) is 1. The third-order valence-corrected chi connectivity index (χ3v) is 3.60. The summed E-state index contributed by atoms with van der Waals surface area (Å²) in [6.45, 7) is 2.70. The first-order valence-electron chi connectivity index (χ1n) is 7.49. The Labute approximate surface area is 129 Å². The Balaban J connectivity index is 2.51. The molecule has 116 valence electrons. The predicted octanol–water partition coefficient (Wildman–Crippen LogP) is 2.31. The zero-order valence-corrected chi connectivity index (χ0v) is 12.7. The minimum Gasteiger partial charge on any atom is -0.308 e. The summed E-state index contributed by atoms with van der Waals surface area (Å²) in [5.41, 5.74) is 3.56. The van der Waals surface area contributed by atoms with E-state index in [9.17, 15) is 9.59 Å². The lowest BCUT2D eigenvalue weighted by atomic mass is 10.1. The van der Waals surface area contributed by atoms with Crippen molar-refractivity contribution < 1.29 is 4.79 Å². The number of nitrogens with zero attached hydrogens (tertiary/aromatic N) is 1. The highest BCUT2D eigenvalue weighted by atomic mass is 16.2. The van der Waals surface area contributed by atoms with Gasteiger partial charge < -0.3 is 4.57 Å². The zero-order chi connectivity index (χ0) is 15.9. The zero-order valence-electron chi connectivity index (χ0n) is 12.7. The van der Waals surface area contributed by atoms with Crippen molar-refractivity contribution in [3.8, 4) is 11.3 Å². The molecule has 1 amide bonds. The van der Waals surface area contributed by atoms with E-state index in [2.05, 4.69) is 6.92 Å². The van der Waals surface area contributed by atoms with Gasteiger partial charge >= 0.3 is 0 Å². The van der Waals surface area contributed by atoms with Crippen molar-refractivity contribution >= 4 is 5.91 Å². The van der Waals surface area contributed by atoms with Gasteiger partial charge in [0.1, 0.15) is 5.56 Å². The summed E-state index contributed by atoms with van der Waals surface area (Å²) in [5, 5.41) is 0. The molecule has 0 unspecified atom stereocenters. The number of benzene rings is 1. The lowest BCUT2D eigenvalue weighted by Crippen LogP contribution is -2.37. The number of carbonyl (C=O) groups is 1. The Kier molecular flexibility index (Phi) is 5.49. The average Bonchev–Trinajstić information content (AvgIpc) is 2.56. The summed E-state index contributed by atoms with van der Waals surface area (Å²) in [6.07, 6.45) is 3.00. The van der Waals surface area contributed by atoms with Crippen LogP contribution < -0.4 is 16.8 Å². The molecule has 0 saturated heterocycles. The van der Waals surface area contributed by atoms with Crippen molar-refractivity contribution in [3.63, 3.8) is 0 Å². The Morgan fingerprint density at radius 1 is 1.14 bits per heavy atom. The summed E-state index contributed by atoms with van der Waals surface area (Å²) in [5.74, 6) is 4.58. The quantitative estimate of drug-likeness (QED) is 0.372. The second-order valence-electron chi connectivity index (χ2n) is 5.14. The molecule has 0 radical (unpaired) electrons. The van der Waals surface area contributed by atoms with E-state index >= 15 is 0 Å². The van der Waals surface area contributed by atoms with Crippen molar-refractivity contribution in [2.24, 2.45) is 5.84 Å². The molecule has 2 aromatic rings. The molecule has 0 bridgehead atoms. The summed E-state index contributed by atoms with van der Waals surface area (Å²) < 4.78 is 1.66. The number of pyridine rings is 1. The molecule has 3 N–H and O–H groups in total. The average molecular weight is 299 g/mol. The molecule has 2 rings (SSSR count). The van der Waals surface area contributed by atoms with E-state index in [0.29, 0.717) is 6.54 Å². The topological polar surface area (TPSA) is 77.1 Å². The lowest BCUT2D eigenvalue weighted by Gasteiger charge is -2.14. The van der Waals surface area contributed by atoms with Crippen molar-refractivity contribution in [1.29, 1.82) is 0 Å². The molecule has 1 aromatic carbocycles. The van der Waals surface area contributed by atoms with Crippen LogP contribution in [-0.4, -0.2) is 10.5 Å². The minimum absolute atomic E-state index is 0.0682. The normalized spacial score (nSPS) is 10.5. The number of aromatic nitrogens is 1. The predicted molar refractivity (Wildman–Crippen MR) is 87.3 cm³/mol. The van der Waals surface area contributed by atoms with E-state index in [1.54, 1.807) is 10.6 Å². The number of carbonyl (C=O) groups excluding carboxylic acids is 1. The van der Waals surface area contributed by atoms with Gasteiger partial charge in [0, 0.05) is 6.54 Å². The molecule has 5 heteroatoms. The van der Waals surface area contributed by atoms with Gasteiger partial charge in [-0.15, -0.1) is 0 Å². The summed E-state index contributed by atoms with van der Waals surface area (Å²) in [7, 11) is 0. The number of nitrogens with two attached hydrogens (primary N) is 1. The van der Waals surface area contributed by atoms with Gasteiger partial charge in [-0.2, -0.15) is 0 Å². The summed E-state index contributed by atoms with van der Waals surface area (Å²) in [6, 6.07) is 13.0. The fraction of sp³-hybridized carbons (Fsp3) is 0.294. The van der Waals surface area contributed by atoms with E-state index in [1.807, 2.05) is 35.8 Å². The third kappa shape index (κ3) is 3.43. The first kappa shape index (κ1) is 16.0. The van der Waals surface area contributed by atoms with Crippen molar-refractivity contribution in [3.05, 3.63) is 58.4 Å². The number of nitrogen functional groups attached to an aromatic ring is 1. The molecular weight excluding hydrogens is 278 g/mol. The monoisotopic (exact) mass is 299 g/mol. The molecule has 0 spiro atoms. The highest BCUT2D eigenvalue weighted by Gasteiger charge is 2.14. The van der Waals surface area contributed by atoms with Gasteiger partial charge in [0.15, 0.2) is 0 Å². The second kappa shape index (κ2) is 7.56. The molecule has 0 saturated carbocycles. The SMILES string of the molecule is CCCCCn1c(-c2ccccc2)ccc(C(=O)NN)c1=O. The van der Waals surface area contributed by atoms with Crippen LogP contribution in [-0.2, 0) is 6.54 Å². The molecule has 0 fully saturated rings. The van der Waals surface area contributed by atoms with Crippen LogP contribution in [0.1, 0.15) is 36.5 Å². The molecule has 22 heavy (non-hydrogen) atoms. The molecule has 0 aliphatic heterocycles. The maximum absolute atomic E-state index is 12.6. The molecule has 0 atom stereocenters. The molecule has 1 heterocycles. The second-order valence-corrected chi connectivity index (χ2v) is 5.14. The third-order valence-electron chi connectivity index (χ3n) is 3.60. The molecule has 0 aliphatic carbocycles. The van der Waals surface area contributed by atoms with Gasteiger partial charge in [-0.25, -0.2) is 5.84 Å². The Morgan fingerprint density at radius 3 is 2.50 bits per heavy atom. The lowest BCUT2D eigenvalue weighted by molar-refractivity contribution is 0.0951. The summed E-state index contributed by atoms with van der Waals surface area (Å²) >= 11 is 0. The van der Waals surface area contributed by atoms with Crippen LogP contribution in [0, 0.1) is 0 Å². The highest BCUT2D eigenvalue weighted by Crippen LogP contribution is 2.18. The van der Waals surface area contributed by atoms with Crippen LogP contribution in [0.25, 0.3) is 11.3 Å². The first-order chi connectivity index (χ1) is 10.7. The molecule has 0 aliphatic rings. The van der Waals surface area contributed by atoms with Gasteiger partial charge in [0.25, 0.3) is 11.5 Å². The van der Waals surface area contributed by atoms with Crippen LogP contribution in [0.4, 0.5) is 0 Å². The fourth-order valence-corrected chi connectivity index (χ4v) is 2.43. The van der Waals surface area contributed by atoms with Crippen molar-refractivity contribution in [2.45, 2.75) is 32.7 Å². The van der Waals surface area contributed by atoms with Crippen molar-refractivity contribution in [1.82, 2.24) is 9.99 Å². The number of unbranched alkanes of at least 4 members (excludes halogenated alkanes) is 2. The number of amides is 1. The minimum atomic E-state index is -0.561. The van der Waals surface area contributed by atoms with Gasteiger partial charge in [-0.1, -0.05) is 50.1 Å². The number of hydrogen-bond donors (Lipinski definition) is 2. The molecule has 1 aromatic heterocycles. The van der Waals surface area contributed by atoms with E-state index in [1.165, 1.54) is 6.07 Å². The largest absolute Gasteiger partial charge is 0.308 e. The Bertz CT molecular complexity index is 693. The molecule has 5 nitrogen and oxygen atoms in total. The molecular formula is C17H21N3O2. The first-order valence-corrected chi connectivity index (χ1v) is 7.49.